The molecular formula is C19H19N5. The molecule has 4 rings (SSSR count). The summed E-state index contributed by atoms with van der Waals surface area (Å²) in [7, 11) is 0. The summed E-state index contributed by atoms with van der Waals surface area (Å²) in [4.78, 5) is 12.6. The quantitative estimate of drug-likeness (QED) is 0.627. The average molecular weight is 317 g/mol. The maximum Gasteiger partial charge on any atom is 0.153 e. The van der Waals surface area contributed by atoms with Crippen LogP contribution in [0.5, 0.6) is 0 Å². The van der Waals surface area contributed by atoms with Crippen LogP contribution < -0.4 is 0 Å². The number of nitrogens with one attached hydrogen (secondary N) is 1. The molecule has 0 saturated heterocycles. The Morgan fingerprint density at radius 3 is 2.67 bits per heavy atom. The van der Waals surface area contributed by atoms with Gasteiger partial charge in [-0.25, -0.2) is 14.6 Å². The number of fused-ring (bicyclic) bond motifs is 1. The van der Waals surface area contributed by atoms with Crippen molar-refractivity contribution in [1.29, 1.82) is 0 Å². The number of rotatable bonds is 3. The van der Waals surface area contributed by atoms with Crippen LogP contribution in [0.2, 0.25) is 0 Å². The number of hydrogen-bond acceptors (Lipinski definition) is 3. The zero-order valence-corrected chi connectivity index (χ0v) is 14.0. The van der Waals surface area contributed by atoms with E-state index in [-0.39, 0.29) is 0 Å². The van der Waals surface area contributed by atoms with Gasteiger partial charge in [-0.05, 0) is 62.2 Å². The lowest BCUT2D eigenvalue weighted by Gasteiger charge is -2.04. The third-order valence-electron chi connectivity index (χ3n) is 4.27. The van der Waals surface area contributed by atoms with Crippen LogP contribution in [-0.4, -0.2) is 24.7 Å². The van der Waals surface area contributed by atoms with E-state index in [0.29, 0.717) is 6.42 Å². The molecule has 0 aliphatic carbocycles. The molecule has 4 aromatic rings. The van der Waals surface area contributed by atoms with Gasteiger partial charge in [0.2, 0.25) is 0 Å². The Balaban J connectivity index is 1.74. The Hall–Kier alpha value is -2.95. The highest BCUT2D eigenvalue weighted by atomic mass is 15.3. The summed E-state index contributed by atoms with van der Waals surface area (Å²) in [5.74, 6) is 1.76. The minimum atomic E-state index is 0.685. The summed E-state index contributed by atoms with van der Waals surface area (Å²) >= 11 is 0. The molecule has 5 heteroatoms. The van der Waals surface area contributed by atoms with E-state index < -0.39 is 0 Å². The topological polar surface area (TPSA) is 59.4 Å². The van der Waals surface area contributed by atoms with Crippen molar-refractivity contribution < 1.29 is 0 Å². The second-order valence-electron chi connectivity index (χ2n) is 6.19. The lowest BCUT2D eigenvalue weighted by molar-refractivity contribution is 0.780. The minimum absolute atomic E-state index is 0.685. The van der Waals surface area contributed by atoms with Crippen LogP contribution in [-0.2, 0) is 6.42 Å². The van der Waals surface area contributed by atoms with Gasteiger partial charge in [0, 0.05) is 12.6 Å². The maximum absolute atomic E-state index is 4.74. The van der Waals surface area contributed by atoms with Crippen molar-refractivity contribution in [3.63, 3.8) is 0 Å². The maximum atomic E-state index is 4.74. The molecule has 0 fully saturated rings. The van der Waals surface area contributed by atoms with Gasteiger partial charge in [-0.3, -0.25) is 0 Å². The zero-order chi connectivity index (χ0) is 16.7. The van der Waals surface area contributed by atoms with Gasteiger partial charge in [-0.1, -0.05) is 6.07 Å². The summed E-state index contributed by atoms with van der Waals surface area (Å²) in [5, 5.41) is 4.57. The fourth-order valence-corrected chi connectivity index (χ4v) is 2.93. The standard InChI is InChI=1S/C19H19N5/c1-12-8-16-17(9-13(12)2)22-18(21-16)11-15-10-14(3)23-24(15)19-6-4-5-7-20-19/h4-10H,11H2,1-3H3,(H,21,22). The lowest BCUT2D eigenvalue weighted by Crippen LogP contribution is -2.05. The highest BCUT2D eigenvalue weighted by Crippen LogP contribution is 2.19. The first kappa shape index (κ1) is 14.6. The molecule has 120 valence electrons. The smallest absolute Gasteiger partial charge is 0.153 e. The Morgan fingerprint density at radius 1 is 1.04 bits per heavy atom. The van der Waals surface area contributed by atoms with Crippen molar-refractivity contribution in [2.45, 2.75) is 27.2 Å². The molecule has 0 atom stereocenters. The van der Waals surface area contributed by atoms with E-state index in [2.05, 4.69) is 47.1 Å². The first-order chi connectivity index (χ1) is 11.6. The predicted octanol–water partition coefficient (Wildman–Crippen LogP) is 3.66. The SMILES string of the molecule is Cc1cc(Cc2nc3cc(C)c(C)cc3[nH]2)n(-c2ccccn2)n1. The molecule has 1 N–H and O–H groups in total. The van der Waals surface area contributed by atoms with Crippen LogP contribution in [0.1, 0.15) is 28.3 Å². The monoisotopic (exact) mass is 317 g/mol. The number of imidazole rings is 1. The number of nitrogens with zero attached hydrogens (tertiary/aromatic N) is 4. The van der Waals surface area contributed by atoms with Crippen LogP contribution in [0.25, 0.3) is 16.9 Å². The number of benzene rings is 1. The highest BCUT2D eigenvalue weighted by molar-refractivity contribution is 5.77. The van der Waals surface area contributed by atoms with Crippen molar-refractivity contribution in [3.05, 3.63) is 70.9 Å². The Bertz CT molecular complexity index is 972. The van der Waals surface area contributed by atoms with Gasteiger partial charge in [-0.2, -0.15) is 5.10 Å². The first-order valence-electron chi connectivity index (χ1n) is 8.03. The average Bonchev–Trinajstić information content (AvgIpc) is 3.11. The van der Waals surface area contributed by atoms with Crippen LogP contribution in [0.15, 0.2) is 42.6 Å². The largest absolute Gasteiger partial charge is 0.342 e. The Morgan fingerprint density at radius 2 is 1.88 bits per heavy atom. The highest BCUT2D eigenvalue weighted by Gasteiger charge is 2.12. The third-order valence-corrected chi connectivity index (χ3v) is 4.27. The number of hydrogen-bond donors (Lipinski definition) is 1. The molecule has 0 bridgehead atoms. The molecule has 3 aromatic heterocycles. The Labute approximate surface area is 140 Å². The first-order valence-corrected chi connectivity index (χ1v) is 8.03. The van der Waals surface area contributed by atoms with Crippen molar-refractivity contribution in [1.82, 2.24) is 24.7 Å². The molecule has 0 aliphatic rings. The van der Waals surface area contributed by atoms with E-state index in [0.717, 1.165) is 34.1 Å². The fraction of sp³-hybridized carbons (Fsp3) is 0.211. The van der Waals surface area contributed by atoms with E-state index in [1.165, 1.54) is 11.1 Å². The van der Waals surface area contributed by atoms with E-state index in [9.17, 15) is 0 Å². The minimum Gasteiger partial charge on any atom is -0.342 e. The van der Waals surface area contributed by atoms with Gasteiger partial charge >= 0.3 is 0 Å². The summed E-state index contributed by atoms with van der Waals surface area (Å²) < 4.78 is 1.89. The van der Waals surface area contributed by atoms with Crippen LogP contribution in [0, 0.1) is 20.8 Å². The number of pyridine rings is 1. The zero-order valence-electron chi connectivity index (χ0n) is 14.0. The van der Waals surface area contributed by atoms with Gasteiger partial charge < -0.3 is 4.98 Å². The van der Waals surface area contributed by atoms with Crippen LogP contribution in [0.4, 0.5) is 0 Å². The van der Waals surface area contributed by atoms with Gasteiger partial charge in [0.15, 0.2) is 5.82 Å². The summed E-state index contributed by atoms with van der Waals surface area (Å²) in [6.45, 7) is 6.23. The van der Waals surface area contributed by atoms with E-state index >= 15 is 0 Å². The van der Waals surface area contributed by atoms with Crippen molar-refractivity contribution in [2.75, 3.05) is 0 Å². The van der Waals surface area contributed by atoms with Crippen LogP contribution in [0.3, 0.4) is 0 Å². The lowest BCUT2D eigenvalue weighted by atomic mass is 10.1. The molecule has 5 nitrogen and oxygen atoms in total. The number of aromatic amines is 1. The summed E-state index contributed by atoms with van der Waals surface area (Å²) in [6, 6.07) is 12.2. The van der Waals surface area contributed by atoms with Gasteiger partial charge in [0.05, 0.1) is 22.4 Å². The molecule has 0 aliphatic heterocycles. The van der Waals surface area contributed by atoms with Gasteiger partial charge in [0.1, 0.15) is 5.82 Å². The van der Waals surface area contributed by atoms with E-state index in [4.69, 9.17) is 4.98 Å². The molecule has 24 heavy (non-hydrogen) atoms. The normalized spacial score (nSPS) is 11.3. The molecule has 0 amide bonds. The summed E-state index contributed by atoms with van der Waals surface area (Å²) in [6.07, 6.45) is 2.47. The van der Waals surface area contributed by atoms with Crippen molar-refractivity contribution in [3.8, 4) is 5.82 Å². The third kappa shape index (κ3) is 2.58. The van der Waals surface area contributed by atoms with Gasteiger partial charge in [-0.15, -0.1) is 0 Å². The molecular weight excluding hydrogens is 298 g/mol. The molecule has 0 saturated carbocycles. The molecule has 0 unspecified atom stereocenters. The summed E-state index contributed by atoms with van der Waals surface area (Å²) in [5.41, 5.74) is 6.65. The molecule has 0 radical (unpaired) electrons. The predicted molar refractivity (Wildman–Crippen MR) is 94.5 cm³/mol. The fourth-order valence-electron chi connectivity index (χ4n) is 2.93. The Kier molecular flexibility index (Phi) is 3.41. The molecule has 1 aromatic carbocycles. The molecule has 0 spiro atoms. The number of H-pyrrole nitrogens is 1. The van der Waals surface area contributed by atoms with Crippen molar-refractivity contribution >= 4 is 11.0 Å². The van der Waals surface area contributed by atoms with Crippen molar-refractivity contribution in [2.24, 2.45) is 0 Å². The second kappa shape index (κ2) is 5.60. The number of aromatic nitrogens is 5. The molecule has 3 heterocycles. The van der Waals surface area contributed by atoms with Crippen LogP contribution >= 0.6 is 0 Å². The van der Waals surface area contributed by atoms with E-state index in [1.807, 2.05) is 29.8 Å². The number of aryl methyl sites for hydroxylation is 3. The van der Waals surface area contributed by atoms with E-state index in [1.54, 1.807) is 6.20 Å². The van der Waals surface area contributed by atoms with Gasteiger partial charge in [0.25, 0.3) is 0 Å². The second-order valence-corrected chi connectivity index (χ2v) is 6.19.